The molecule has 1 atom stereocenters. The average Bonchev–Trinajstić information content (AvgIpc) is 3.54. The van der Waals surface area contributed by atoms with Crippen molar-refractivity contribution >= 4 is 29.3 Å². The summed E-state index contributed by atoms with van der Waals surface area (Å²) in [6.07, 6.45) is 6.88. The normalized spacial score (nSPS) is 20.3. The summed E-state index contributed by atoms with van der Waals surface area (Å²) in [5.74, 6) is 1.26. The quantitative estimate of drug-likeness (QED) is 0.495. The van der Waals surface area contributed by atoms with Crippen molar-refractivity contribution in [2.75, 3.05) is 52.4 Å². The molecule has 3 amide bonds. The summed E-state index contributed by atoms with van der Waals surface area (Å²) >= 11 is 5.89. The Hall–Kier alpha value is -2.32. The monoisotopic (exact) mass is 504 g/mol. The van der Waals surface area contributed by atoms with E-state index in [1.54, 1.807) is 24.3 Å². The summed E-state index contributed by atoms with van der Waals surface area (Å²) in [6.45, 7) is 4.69. The van der Waals surface area contributed by atoms with Gasteiger partial charge in [-0.25, -0.2) is 0 Å². The van der Waals surface area contributed by atoms with E-state index in [0.717, 1.165) is 32.2 Å². The fourth-order valence-electron chi connectivity index (χ4n) is 5.49. The van der Waals surface area contributed by atoms with E-state index in [9.17, 15) is 14.4 Å². The zero-order valence-electron chi connectivity index (χ0n) is 20.4. The number of nitrogens with zero attached hydrogens (tertiary/aromatic N) is 3. The summed E-state index contributed by atoms with van der Waals surface area (Å²) in [5.41, 5.74) is 0. The van der Waals surface area contributed by atoms with Gasteiger partial charge in [-0.2, -0.15) is 0 Å². The predicted octanol–water partition coefficient (Wildman–Crippen LogP) is 2.55. The van der Waals surface area contributed by atoms with Crippen LogP contribution in [0.3, 0.4) is 0 Å². The molecule has 1 aromatic carbocycles. The number of hydrogen-bond donors (Lipinski definition) is 1. The van der Waals surface area contributed by atoms with Gasteiger partial charge < -0.3 is 19.9 Å². The van der Waals surface area contributed by atoms with E-state index < -0.39 is 0 Å². The molecule has 2 aliphatic heterocycles. The number of ether oxygens (including phenoxy) is 1. The van der Waals surface area contributed by atoms with Crippen LogP contribution in [0.1, 0.15) is 44.9 Å². The smallest absolute Gasteiger partial charge is 0.260 e. The Labute approximate surface area is 212 Å². The molecule has 0 radical (unpaired) electrons. The van der Waals surface area contributed by atoms with Gasteiger partial charge in [0.15, 0.2) is 6.61 Å². The topological polar surface area (TPSA) is 82.2 Å². The van der Waals surface area contributed by atoms with Crippen molar-refractivity contribution in [2.24, 2.45) is 5.92 Å². The third kappa shape index (κ3) is 7.10. The number of halogens is 1. The van der Waals surface area contributed by atoms with Crippen molar-refractivity contribution in [1.82, 2.24) is 20.0 Å². The number of carbonyl (C=O) groups is 3. The number of amides is 3. The lowest BCUT2D eigenvalue weighted by Crippen LogP contribution is -2.58. The van der Waals surface area contributed by atoms with E-state index in [1.165, 1.54) is 12.8 Å². The Morgan fingerprint density at radius 1 is 1.03 bits per heavy atom. The number of likely N-dealkylation sites (tertiary alicyclic amines) is 1. The van der Waals surface area contributed by atoms with Crippen LogP contribution in [0.15, 0.2) is 24.3 Å². The first-order valence-corrected chi connectivity index (χ1v) is 13.3. The highest BCUT2D eigenvalue weighted by atomic mass is 35.5. The second-order valence-corrected chi connectivity index (χ2v) is 10.2. The number of benzene rings is 1. The van der Waals surface area contributed by atoms with Gasteiger partial charge in [0, 0.05) is 57.3 Å². The number of carbonyl (C=O) groups excluding carboxylic acids is 3. The number of piperazine rings is 1. The van der Waals surface area contributed by atoms with Crippen LogP contribution in [0.5, 0.6) is 5.75 Å². The van der Waals surface area contributed by atoms with Crippen LogP contribution < -0.4 is 10.1 Å². The summed E-state index contributed by atoms with van der Waals surface area (Å²) < 4.78 is 5.62. The minimum Gasteiger partial charge on any atom is -0.484 e. The van der Waals surface area contributed by atoms with Crippen LogP contribution in [-0.4, -0.2) is 90.9 Å². The van der Waals surface area contributed by atoms with Crippen LogP contribution in [0, 0.1) is 5.92 Å². The molecule has 1 saturated carbocycles. The van der Waals surface area contributed by atoms with Gasteiger partial charge in [0.1, 0.15) is 5.75 Å². The van der Waals surface area contributed by atoms with E-state index >= 15 is 0 Å². The Morgan fingerprint density at radius 3 is 2.40 bits per heavy atom. The Bertz CT molecular complexity index is 867. The predicted molar refractivity (Wildman–Crippen MR) is 134 cm³/mol. The van der Waals surface area contributed by atoms with Crippen molar-refractivity contribution in [3.8, 4) is 5.75 Å². The Balaban J connectivity index is 1.23. The molecule has 1 aliphatic carbocycles. The van der Waals surface area contributed by atoms with Gasteiger partial charge >= 0.3 is 0 Å². The molecule has 1 aromatic rings. The van der Waals surface area contributed by atoms with Crippen LogP contribution in [-0.2, 0) is 14.4 Å². The van der Waals surface area contributed by atoms with Crippen molar-refractivity contribution in [2.45, 2.75) is 51.0 Å². The number of rotatable bonds is 10. The zero-order valence-corrected chi connectivity index (χ0v) is 21.2. The molecule has 9 heteroatoms. The minimum atomic E-state index is -0.145. The molecule has 3 aliphatic rings. The molecule has 192 valence electrons. The van der Waals surface area contributed by atoms with Crippen LogP contribution in [0.4, 0.5) is 0 Å². The van der Waals surface area contributed by atoms with Gasteiger partial charge in [-0.3, -0.25) is 19.3 Å². The molecule has 2 heterocycles. The maximum atomic E-state index is 13.2. The van der Waals surface area contributed by atoms with Crippen LogP contribution >= 0.6 is 11.6 Å². The van der Waals surface area contributed by atoms with Crippen molar-refractivity contribution in [3.05, 3.63) is 29.3 Å². The van der Waals surface area contributed by atoms with Crippen molar-refractivity contribution in [1.29, 1.82) is 0 Å². The van der Waals surface area contributed by atoms with Gasteiger partial charge in [0.25, 0.3) is 5.91 Å². The lowest BCUT2D eigenvalue weighted by molar-refractivity contribution is -0.137. The standard InChI is InChI=1S/C26H37ClN4O4/c27-21-8-10-22(11-9-21)35-19-24(33)30-15-17-31(18-16-30)25(20-5-1-2-6-20)26(34)28-12-4-14-29-13-3-7-23(29)32/h8-11,20,25H,1-7,12-19H2,(H,28,34)/t25-/m1/s1. The molecule has 3 fully saturated rings. The molecular formula is C26H37ClN4O4. The first-order chi connectivity index (χ1) is 17.0. The molecule has 35 heavy (non-hydrogen) atoms. The van der Waals surface area contributed by atoms with E-state index in [2.05, 4.69) is 10.2 Å². The van der Waals surface area contributed by atoms with E-state index in [0.29, 0.717) is 62.4 Å². The summed E-state index contributed by atoms with van der Waals surface area (Å²) in [6, 6.07) is 6.83. The van der Waals surface area contributed by atoms with Crippen LogP contribution in [0.2, 0.25) is 5.02 Å². The highest BCUT2D eigenvalue weighted by Crippen LogP contribution is 2.31. The summed E-state index contributed by atoms with van der Waals surface area (Å²) in [5, 5.41) is 3.77. The summed E-state index contributed by atoms with van der Waals surface area (Å²) in [4.78, 5) is 43.7. The summed E-state index contributed by atoms with van der Waals surface area (Å²) in [7, 11) is 0. The molecule has 4 rings (SSSR count). The molecule has 1 N–H and O–H groups in total. The molecule has 8 nitrogen and oxygen atoms in total. The van der Waals surface area contributed by atoms with Gasteiger partial charge in [-0.15, -0.1) is 0 Å². The SMILES string of the molecule is O=C(NCCCN1CCCC1=O)[C@@H](C1CCCC1)N1CCN(C(=O)COc2ccc(Cl)cc2)CC1. The van der Waals surface area contributed by atoms with Gasteiger partial charge in [0.2, 0.25) is 11.8 Å². The molecule has 0 spiro atoms. The molecular weight excluding hydrogens is 468 g/mol. The number of hydrogen-bond acceptors (Lipinski definition) is 5. The van der Waals surface area contributed by atoms with Gasteiger partial charge in [0.05, 0.1) is 6.04 Å². The van der Waals surface area contributed by atoms with Gasteiger partial charge in [-0.05, 0) is 55.9 Å². The second-order valence-electron chi connectivity index (χ2n) is 9.78. The highest BCUT2D eigenvalue weighted by Gasteiger charge is 2.37. The molecule has 2 saturated heterocycles. The van der Waals surface area contributed by atoms with E-state index in [4.69, 9.17) is 16.3 Å². The lowest BCUT2D eigenvalue weighted by atomic mass is 9.95. The maximum absolute atomic E-state index is 13.2. The molecule has 0 bridgehead atoms. The fourth-order valence-corrected chi connectivity index (χ4v) is 5.62. The zero-order chi connectivity index (χ0) is 24.6. The van der Waals surface area contributed by atoms with Gasteiger partial charge in [-0.1, -0.05) is 24.4 Å². The minimum absolute atomic E-state index is 0.00626. The third-order valence-corrected chi connectivity index (χ3v) is 7.68. The third-order valence-electron chi connectivity index (χ3n) is 7.43. The van der Waals surface area contributed by atoms with Crippen molar-refractivity contribution in [3.63, 3.8) is 0 Å². The van der Waals surface area contributed by atoms with Crippen LogP contribution in [0.25, 0.3) is 0 Å². The Morgan fingerprint density at radius 2 is 1.74 bits per heavy atom. The first-order valence-electron chi connectivity index (χ1n) is 13.0. The lowest BCUT2D eigenvalue weighted by Gasteiger charge is -2.40. The maximum Gasteiger partial charge on any atom is 0.260 e. The van der Waals surface area contributed by atoms with Crippen molar-refractivity contribution < 1.29 is 19.1 Å². The fraction of sp³-hybridized carbons (Fsp3) is 0.654. The first kappa shape index (κ1) is 25.8. The molecule has 0 aromatic heterocycles. The number of nitrogens with one attached hydrogen (secondary N) is 1. The largest absolute Gasteiger partial charge is 0.484 e. The van der Waals surface area contributed by atoms with E-state index in [-0.39, 0.29) is 30.4 Å². The molecule has 0 unspecified atom stereocenters. The average molecular weight is 505 g/mol. The van der Waals surface area contributed by atoms with E-state index in [1.807, 2.05) is 9.80 Å². The Kier molecular flexibility index (Phi) is 9.26. The highest BCUT2D eigenvalue weighted by molar-refractivity contribution is 6.30. The second kappa shape index (κ2) is 12.6.